The van der Waals surface area contributed by atoms with Gasteiger partial charge in [0, 0.05) is 11.8 Å². The van der Waals surface area contributed by atoms with Crippen LogP contribution in [0.1, 0.15) is 16.1 Å². The number of hydrogen-bond donors (Lipinski definition) is 4. The number of amidine groups is 1. The highest BCUT2D eigenvalue weighted by Crippen LogP contribution is 2.11. The minimum atomic E-state index is -0.620. The number of carbonyl (C=O) groups excluding carboxylic acids is 2. The van der Waals surface area contributed by atoms with Crippen molar-refractivity contribution in [3.63, 3.8) is 0 Å². The molecule has 9 heteroatoms. The van der Waals surface area contributed by atoms with Gasteiger partial charge in [-0.3, -0.25) is 14.6 Å². The van der Waals surface area contributed by atoms with E-state index in [9.17, 15) is 9.59 Å². The first-order valence-corrected chi connectivity index (χ1v) is 7.44. The molecule has 1 aromatic heterocycles. The van der Waals surface area contributed by atoms with Crippen LogP contribution in [0.5, 0.6) is 5.75 Å². The molecule has 0 bridgehead atoms. The normalized spacial score (nSPS) is 15.8. The molecular weight excluding hydrogens is 324 g/mol. The molecule has 1 aromatic carbocycles. The molecule has 0 spiro atoms. The van der Waals surface area contributed by atoms with Gasteiger partial charge in [-0.2, -0.15) is 5.43 Å². The molecule has 1 aliphatic rings. The van der Waals surface area contributed by atoms with Crippen LogP contribution in [-0.2, 0) is 4.79 Å². The summed E-state index contributed by atoms with van der Waals surface area (Å²) in [5, 5.41) is 2.65. The average molecular weight is 340 g/mol. The number of nitrogens with two attached hydrogens (primary N) is 1. The summed E-state index contributed by atoms with van der Waals surface area (Å²) < 4.78 is 5.35. The second-order valence-corrected chi connectivity index (χ2v) is 5.11. The summed E-state index contributed by atoms with van der Waals surface area (Å²) in [6.45, 7) is -0.192. The minimum Gasteiger partial charge on any atom is -0.484 e. The van der Waals surface area contributed by atoms with E-state index in [1.165, 1.54) is 12.1 Å². The van der Waals surface area contributed by atoms with E-state index < -0.39 is 12.2 Å². The molecule has 1 aliphatic heterocycles. The molecule has 1 unspecified atom stereocenters. The van der Waals surface area contributed by atoms with E-state index in [1.54, 1.807) is 30.5 Å². The highest BCUT2D eigenvalue weighted by Gasteiger charge is 2.19. The van der Waals surface area contributed by atoms with Crippen LogP contribution >= 0.6 is 0 Å². The molecule has 0 aliphatic carbocycles. The van der Waals surface area contributed by atoms with E-state index in [1.807, 2.05) is 6.07 Å². The molecular formula is C16H16N6O3. The van der Waals surface area contributed by atoms with Gasteiger partial charge in [-0.25, -0.2) is 4.99 Å². The van der Waals surface area contributed by atoms with E-state index in [0.717, 1.165) is 0 Å². The smallest absolute Gasteiger partial charge is 0.260 e. The first kappa shape index (κ1) is 16.4. The molecule has 0 saturated heterocycles. The van der Waals surface area contributed by atoms with Crippen molar-refractivity contribution in [1.29, 1.82) is 0 Å². The lowest BCUT2D eigenvalue weighted by atomic mass is 10.2. The van der Waals surface area contributed by atoms with Crippen molar-refractivity contribution < 1.29 is 14.3 Å². The van der Waals surface area contributed by atoms with Gasteiger partial charge >= 0.3 is 0 Å². The highest BCUT2D eigenvalue weighted by atomic mass is 16.5. The van der Waals surface area contributed by atoms with E-state index in [4.69, 9.17) is 10.5 Å². The monoisotopic (exact) mass is 340 g/mol. The summed E-state index contributed by atoms with van der Waals surface area (Å²) in [7, 11) is 0. The van der Waals surface area contributed by atoms with E-state index in [2.05, 4.69) is 26.1 Å². The Labute approximate surface area is 143 Å². The van der Waals surface area contributed by atoms with Gasteiger partial charge in [0.15, 0.2) is 18.7 Å². The molecule has 2 aromatic rings. The largest absolute Gasteiger partial charge is 0.484 e. The number of aliphatic imine (C=N–C) groups is 1. The number of aromatic nitrogens is 1. The number of nitrogens with zero attached hydrogens (tertiary/aromatic N) is 2. The van der Waals surface area contributed by atoms with Gasteiger partial charge in [-0.15, -0.1) is 0 Å². The molecule has 25 heavy (non-hydrogen) atoms. The van der Waals surface area contributed by atoms with Crippen molar-refractivity contribution in [2.24, 2.45) is 10.7 Å². The van der Waals surface area contributed by atoms with Crippen LogP contribution in [0.2, 0.25) is 0 Å². The lowest BCUT2D eigenvalue weighted by Crippen LogP contribution is -2.47. The van der Waals surface area contributed by atoms with Crippen molar-refractivity contribution in [2.45, 2.75) is 6.29 Å². The van der Waals surface area contributed by atoms with Crippen molar-refractivity contribution in [1.82, 2.24) is 21.2 Å². The molecule has 2 heterocycles. The van der Waals surface area contributed by atoms with Crippen LogP contribution in [-0.4, -0.2) is 35.5 Å². The number of amides is 2. The zero-order valence-corrected chi connectivity index (χ0v) is 13.1. The standard InChI is InChI=1S/C16H16N6O3/c17-14(24)10-4-6-11(7-5-10)25-9-13(23)19-16-20-15(21-22-16)12-3-1-2-8-18-12/h1-8,16,22H,9H2,(H2,17,24)(H,19,23)(H,20,21). The second-order valence-electron chi connectivity index (χ2n) is 5.11. The summed E-state index contributed by atoms with van der Waals surface area (Å²) in [4.78, 5) is 31.4. The van der Waals surface area contributed by atoms with Gasteiger partial charge in [0.25, 0.3) is 5.91 Å². The zero-order valence-electron chi connectivity index (χ0n) is 13.1. The molecule has 2 amide bonds. The molecule has 0 fully saturated rings. The fourth-order valence-electron chi connectivity index (χ4n) is 2.09. The zero-order chi connectivity index (χ0) is 17.6. The first-order valence-electron chi connectivity index (χ1n) is 7.44. The van der Waals surface area contributed by atoms with Gasteiger partial charge < -0.3 is 21.2 Å². The van der Waals surface area contributed by atoms with Gasteiger partial charge in [0.2, 0.25) is 5.91 Å². The third kappa shape index (κ3) is 4.30. The Hall–Kier alpha value is -3.46. The Morgan fingerprint density at radius 2 is 2.00 bits per heavy atom. The fourth-order valence-corrected chi connectivity index (χ4v) is 2.09. The molecule has 9 nitrogen and oxygen atoms in total. The Balaban J connectivity index is 1.50. The molecule has 1 atom stereocenters. The Morgan fingerprint density at radius 3 is 2.68 bits per heavy atom. The summed E-state index contributed by atoms with van der Waals surface area (Å²) in [5.74, 6) is 0.110. The molecule has 0 radical (unpaired) electrons. The van der Waals surface area contributed by atoms with Gasteiger partial charge in [0.1, 0.15) is 11.4 Å². The van der Waals surface area contributed by atoms with Crippen LogP contribution in [0.15, 0.2) is 53.7 Å². The number of hydrogen-bond acceptors (Lipinski definition) is 7. The number of primary amides is 1. The predicted octanol–water partition coefficient (Wildman–Crippen LogP) is -0.486. The highest BCUT2D eigenvalue weighted by molar-refractivity contribution is 5.97. The molecule has 0 saturated carbocycles. The fraction of sp³-hybridized carbons (Fsp3) is 0.125. The topological polar surface area (TPSA) is 131 Å². The lowest BCUT2D eigenvalue weighted by Gasteiger charge is -2.11. The van der Waals surface area contributed by atoms with Crippen molar-refractivity contribution >= 4 is 17.6 Å². The van der Waals surface area contributed by atoms with Gasteiger partial charge in [-0.1, -0.05) is 6.07 Å². The average Bonchev–Trinajstić information content (AvgIpc) is 3.09. The Bertz CT molecular complexity index is 791. The van der Waals surface area contributed by atoms with Crippen LogP contribution in [0, 0.1) is 0 Å². The van der Waals surface area contributed by atoms with Crippen molar-refractivity contribution in [3.8, 4) is 5.75 Å². The lowest BCUT2D eigenvalue weighted by molar-refractivity contribution is -0.123. The number of benzene rings is 1. The van der Waals surface area contributed by atoms with Gasteiger partial charge in [-0.05, 0) is 36.4 Å². The minimum absolute atomic E-state index is 0.192. The van der Waals surface area contributed by atoms with Crippen LogP contribution in [0.3, 0.4) is 0 Å². The summed E-state index contributed by atoms with van der Waals surface area (Å²) in [6, 6.07) is 11.6. The SMILES string of the molecule is NC(=O)c1ccc(OCC(=O)NC2N=C(c3ccccn3)NN2)cc1. The van der Waals surface area contributed by atoms with Crippen molar-refractivity contribution in [2.75, 3.05) is 6.61 Å². The Morgan fingerprint density at radius 1 is 1.20 bits per heavy atom. The first-order chi connectivity index (χ1) is 12.1. The van der Waals surface area contributed by atoms with Gasteiger partial charge in [0.05, 0.1) is 0 Å². The van der Waals surface area contributed by atoms with E-state index in [0.29, 0.717) is 22.8 Å². The van der Waals surface area contributed by atoms with Crippen LogP contribution < -0.4 is 26.6 Å². The van der Waals surface area contributed by atoms with Crippen molar-refractivity contribution in [3.05, 3.63) is 59.9 Å². The van der Waals surface area contributed by atoms with E-state index >= 15 is 0 Å². The maximum absolute atomic E-state index is 11.9. The van der Waals surface area contributed by atoms with Crippen LogP contribution in [0.25, 0.3) is 0 Å². The van der Waals surface area contributed by atoms with Crippen LogP contribution in [0.4, 0.5) is 0 Å². The number of hydrazine groups is 1. The second kappa shape index (κ2) is 7.41. The predicted molar refractivity (Wildman–Crippen MR) is 89.4 cm³/mol. The maximum atomic E-state index is 11.9. The quantitative estimate of drug-likeness (QED) is 0.561. The number of pyridine rings is 1. The molecule has 3 rings (SSSR count). The summed E-state index contributed by atoms with van der Waals surface area (Å²) in [6.07, 6.45) is 1.04. The molecule has 5 N–H and O–H groups in total. The maximum Gasteiger partial charge on any atom is 0.260 e. The number of ether oxygens (including phenoxy) is 1. The summed E-state index contributed by atoms with van der Waals surface area (Å²) >= 11 is 0. The molecule has 128 valence electrons. The van der Waals surface area contributed by atoms with E-state index in [-0.39, 0.29) is 12.5 Å². The Kier molecular flexibility index (Phi) is 4.86. The third-order valence-electron chi connectivity index (χ3n) is 3.30. The number of carbonyl (C=O) groups is 2. The number of nitrogens with one attached hydrogen (secondary N) is 3. The summed E-state index contributed by atoms with van der Waals surface area (Å²) in [5.41, 5.74) is 11.9. The third-order valence-corrected chi connectivity index (χ3v) is 3.30. The number of rotatable bonds is 6.